The molecule has 1 N–H and O–H groups in total. The van der Waals surface area contributed by atoms with Crippen molar-refractivity contribution in [3.63, 3.8) is 0 Å². The Morgan fingerprint density at radius 1 is 0.935 bits per heavy atom. The molecule has 1 amide bonds. The van der Waals surface area contributed by atoms with E-state index in [1.165, 1.54) is 0 Å². The normalized spacial score (nSPS) is 15.2. The van der Waals surface area contributed by atoms with E-state index in [4.69, 9.17) is 9.36 Å². The van der Waals surface area contributed by atoms with Gasteiger partial charge in [0.05, 0.1) is 5.71 Å². The second-order valence-corrected chi connectivity index (χ2v) is 7.09. The number of carbonyl (C=O) groups is 1. The lowest BCUT2D eigenvalue weighted by atomic mass is 10.1. The quantitative estimate of drug-likeness (QED) is 0.522. The molecule has 4 aromatic rings. The summed E-state index contributed by atoms with van der Waals surface area (Å²) in [4.78, 5) is 21.9. The van der Waals surface area contributed by atoms with E-state index < -0.39 is 6.10 Å². The van der Waals surface area contributed by atoms with E-state index in [0.717, 1.165) is 22.4 Å². The van der Waals surface area contributed by atoms with Crippen molar-refractivity contribution < 1.29 is 14.2 Å². The Morgan fingerprint density at radius 2 is 1.74 bits per heavy atom. The minimum atomic E-state index is -0.669. The molecule has 1 atom stereocenters. The zero-order valence-electron chi connectivity index (χ0n) is 16.4. The van der Waals surface area contributed by atoms with E-state index in [1.54, 1.807) is 12.4 Å². The molecule has 0 bridgehead atoms. The van der Waals surface area contributed by atoms with E-state index in [2.05, 4.69) is 20.6 Å². The number of nitrogens with zero attached hydrogens (tertiary/aromatic N) is 3. The highest BCUT2D eigenvalue weighted by Gasteiger charge is 2.29. The standard InChI is InChI=1S/C24H18N4O3/c29-24(23-14-21(28-31-23)18-7-4-12-25-15-18)26-19-10-8-17(9-11-19)22-13-20(27-30-22)16-5-2-1-3-6-16/h1-13,15,23H,14H2,(H,26,29). The van der Waals surface area contributed by atoms with Crippen LogP contribution in [0.25, 0.3) is 22.6 Å². The molecule has 0 saturated heterocycles. The Morgan fingerprint density at radius 3 is 2.52 bits per heavy atom. The van der Waals surface area contributed by atoms with Gasteiger partial charge >= 0.3 is 0 Å². The molecule has 0 saturated carbocycles. The molecule has 3 heterocycles. The molecule has 31 heavy (non-hydrogen) atoms. The predicted molar refractivity (Wildman–Crippen MR) is 116 cm³/mol. The molecule has 1 aliphatic heterocycles. The molecule has 0 spiro atoms. The number of aromatic nitrogens is 2. The smallest absolute Gasteiger partial charge is 0.268 e. The number of amides is 1. The summed E-state index contributed by atoms with van der Waals surface area (Å²) < 4.78 is 5.48. The fourth-order valence-electron chi connectivity index (χ4n) is 3.32. The van der Waals surface area contributed by atoms with Gasteiger partial charge in [0.2, 0.25) is 6.10 Å². The van der Waals surface area contributed by atoms with Gasteiger partial charge < -0.3 is 14.7 Å². The molecule has 152 valence electrons. The Bertz CT molecular complexity index is 1220. The van der Waals surface area contributed by atoms with Crippen LogP contribution in [-0.4, -0.2) is 27.9 Å². The molecule has 0 radical (unpaired) electrons. The van der Waals surface area contributed by atoms with E-state index in [1.807, 2.05) is 72.8 Å². The monoisotopic (exact) mass is 410 g/mol. The minimum absolute atomic E-state index is 0.249. The summed E-state index contributed by atoms with van der Waals surface area (Å²) in [5, 5.41) is 11.0. The lowest BCUT2D eigenvalue weighted by molar-refractivity contribution is -0.125. The van der Waals surface area contributed by atoms with Crippen molar-refractivity contribution in [2.75, 3.05) is 5.32 Å². The maximum absolute atomic E-state index is 12.6. The highest BCUT2D eigenvalue weighted by molar-refractivity contribution is 6.06. The Labute approximate surface area is 178 Å². The highest BCUT2D eigenvalue weighted by atomic mass is 16.6. The van der Waals surface area contributed by atoms with Crippen molar-refractivity contribution in [1.29, 1.82) is 0 Å². The Balaban J connectivity index is 1.22. The molecule has 2 aromatic carbocycles. The summed E-state index contributed by atoms with van der Waals surface area (Å²) in [7, 11) is 0. The second kappa shape index (κ2) is 8.23. The SMILES string of the molecule is O=C(Nc1ccc(-c2cc(-c3ccccc3)no2)cc1)C1CC(c2cccnc2)=NO1. The summed E-state index contributed by atoms with van der Waals surface area (Å²) in [6, 6.07) is 22.8. The molecule has 7 nitrogen and oxygen atoms in total. The summed E-state index contributed by atoms with van der Waals surface area (Å²) in [5.74, 6) is 0.409. The third-order valence-electron chi connectivity index (χ3n) is 4.97. The molecular formula is C24H18N4O3. The van der Waals surface area contributed by atoms with Crippen molar-refractivity contribution >= 4 is 17.3 Å². The minimum Gasteiger partial charge on any atom is -0.382 e. The van der Waals surface area contributed by atoms with Crippen LogP contribution in [0.15, 0.2) is 94.9 Å². The van der Waals surface area contributed by atoms with Crippen molar-refractivity contribution in [3.05, 3.63) is 90.8 Å². The number of nitrogens with one attached hydrogen (secondary N) is 1. The number of rotatable bonds is 5. The van der Waals surface area contributed by atoms with Gasteiger partial charge in [0.25, 0.3) is 5.91 Å². The first-order valence-corrected chi connectivity index (χ1v) is 9.83. The Hall–Kier alpha value is -4.26. The summed E-state index contributed by atoms with van der Waals surface area (Å²) in [6.07, 6.45) is 3.12. The van der Waals surface area contributed by atoms with Gasteiger partial charge in [0.15, 0.2) is 5.76 Å². The number of benzene rings is 2. The van der Waals surface area contributed by atoms with Crippen LogP contribution in [0, 0.1) is 0 Å². The number of hydrogen-bond donors (Lipinski definition) is 1. The van der Waals surface area contributed by atoms with Crippen molar-refractivity contribution in [1.82, 2.24) is 10.1 Å². The lowest BCUT2D eigenvalue weighted by Gasteiger charge is -2.09. The third-order valence-corrected chi connectivity index (χ3v) is 4.97. The van der Waals surface area contributed by atoms with Crippen LogP contribution in [-0.2, 0) is 9.63 Å². The van der Waals surface area contributed by atoms with Crippen LogP contribution >= 0.6 is 0 Å². The van der Waals surface area contributed by atoms with Gasteiger partial charge in [-0.1, -0.05) is 40.6 Å². The van der Waals surface area contributed by atoms with E-state index in [9.17, 15) is 4.79 Å². The van der Waals surface area contributed by atoms with Gasteiger partial charge in [-0.05, 0) is 36.4 Å². The first kappa shape index (κ1) is 18.7. The average Bonchev–Trinajstić information content (AvgIpc) is 3.51. The van der Waals surface area contributed by atoms with E-state index in [-0.39, 0.29) is 5.91 Å². The zero-order chi connectivity index (χ0) is 21.0. The second-order valence-electron chi connectivity index (χ2n) is 7.09. The van der Waals surface area contributed by atoms with Crippen LogP contribution in [0.1, 0.15) is 12.0 Å². The number of hydrogen-bond acceptors (Lipinski definition) is 6. The van der Waals surface area contributed by atoms with Gasteiger partial charge in [-0.25, -0.2) is 0 Å². The third kappa shape index (κ3) is 4.06. The zero-order valence-corrected chi connectivity index (χ0v) is 16.4. The van der Waals surface area contributed by atoms with Crippen LogP contribution < -0.4 is 5.32 Å². The highest BCUT2D eigenvalue weighted by Crippen LogP contribution is 2.27. The maximum Gasteiger partial charge on any atom is 0.268 e. The molecular weight excluding hydrogens is 392 g/mol. The van der Waals surface area contributed by atoms with Gasteiger partial charge in [0.1, 0.15) is 5.69 Å². The molecule has 7 heteroatoms. The van der Waals surface area contributed by atoms with Crippen molar-refractivity contribution in [2.24, 2.45) is 5.16 Å². The molecule has 5 rings (SSSR count). The summed E-state index contributed by atoms with van der Waals surface area (Å²) in [5.41, 5.74) is 4.86. The van der Waals surface area contributed by atoms with Gasteiger partial charge in [-0.15, -0.1) is 0 Å². The van der Waals surface area contributed by atoms with Gasteiger partial charge in [-0.3, -0.25) is 9.78 Å². The summed E-state index contributed by atoms with van der Waals surface area (Å²) in [6.45, 7) is 0. The molecule has 0 aliphatic carbocycles. The topological polar surface area (TPSA) is 89.6 Å². The number of carbonyl (C=O) groups excluding carboxylic acids is 1. The van der Waals surface area contributed by atoms with Crippen LogP contribution in [0.5, 0.6) is 0 Å². The fraction of sp³-hybridized carbons (Fsp3) is 0.0833. The first-order chi connectivity index (χ1) is 15.3. The van der Waals surface area contributed by atoms with Crippen molar-refractivity contribution in [3.8, 4) is 22.6 Å². The number of pyridine rings is 1. The average molecular weight is 410 g/mol. The van der Waals surface area contributed by atoms with Crippen LogP contribution in [0.3, 0.4) is 0 Å². The van der Waals surface area contributed by atoms with Crippen LogP contribution in [0.4, 0.5) is 5.69 Å². The first-order valence-electron chi connectivity index (χ1n) is 9.83. The van der Waals surface area contributed by atoms with E-state index >= 15 is 0 Å². The largest absolute Gasteiger partial charge is 0.382 e. The van der Waals surface area contributed by atoms with Gasteiger partial charge in [-0.2, -0.15) is 0 Å². The lowest BCUT2D eigenvalue weighted by Crippen LogP contribution is -2.28. The number of oxime groups is 1. The van der Waals surface area contributed by atoms with Gasteiger partial charge in [0, 0.05) is 47.3 Å². The summed E-state index contributed by atoms with van der Waals surface area (Å²) >= 11 is 0. The Kier molecular flexibility index (Phi) is 4.98. The van der Waals surface area contributed by atoms with Crippen molar-refractivity contribution in [2.45, 2.75) is 12.5 Å². The van der Waals surface area contributed by atoms with Crippen LogP contribution in [0.2, 0.25) is 0 Å². The fourth-order valence-corrected chi connectivity index (χ4v) is 3.32. The number of anilines is 1. The molecule has 1 aliphatic rings. The maximum atomic E-state index is 12.6. The molecule has 0 fully saturated rings. The predicted octanol–water partition coefficient (Wildman–Crippen LogP) is 4.54. The van der Waals surface area contributed by atoms with E-state index in [0.29, 0.717) is 23.6 Å². The molecule has 1 unspecified atom stereocenters. The molecule has 2 aromatic heterocycles.